The SMILES string of the molecule is C[C@H](OC(=O)c1cc2ccccc2s1)C(=O)N[C@@H](C)CCc1ccccc1. The van der Waals surface area contributed by atoms with E-state index in [1.165, 1.54) is 16.9 Å². The van der Waals surface area contributed by atoms with Crippen molar-refractivity contribution in [3.63, 3.8) is 0 Å². The Balaban J connectivity index is 1.49. The number of carbonyl (C=O) groups is 2. The van der Waals surface area contributed by atoms with Crippen LogP contribution in [0.1, 0.15) is 35.5 Å². The summed E-state index contributed by atoms with van der Waals surface area (Å²) < 4.78 is 6.38. The molecule has 1 aromatic heterocycles. The quantitative estimate of drug-likeness (QED) is 0.609. The molecule has 2 aromatic carbocycles. The van der Waals surface area contributed by atoms with Crippen LogP contribution < -0.4 is 5.32 Å². The van der Waals surface area contributed by atoms with Gasteiger partial charge in [0.25, 0.3) is 5.91 Å². The van der Waals surface area contributed by atoms with Crippen LogP contribution in [0.5, 0.6) is 0 Å². The number of fused-ring (bicyclic) bond motifs is 1. The number of carbonyl (C=O) groups excluding carboxylic acids is 2. The molecular formula is C22H23NO3S. The van der Waals surface area contributed by atoms with Gasteiger partial charge in [0.05, 0.1) is 0 Å². The van der Waals surface area contributed by atoms with Crippen LogP contribution in [0.3, 0.4) is 0 Å². The van der Waals surface area contributed by atoms with Crippen molar-refractivity contribution in [2.45, 2.75) is 38.8 Å². The van der Waals surface area contributed by atoms with Crippen molar-refractivity contribution in [1.82, 2.24) is 5.32 Å². The van der Waals surface area contributed by atoms with Gasteiger partial charge in [0.15, 0.2) is 6.10 Å². The van der Waals surface area contributed by atoms with Crippen molar-refractivity contribution in [1.29, 1.82) is 0 Å². The monoisotopic (exact) mass is 381 g/mol. The van der Waals surface area contributed by atoms with Gasteiger partial charge >= 0.3 is 5.97 Å². The molecule has 27 heavy (non-hydrogen) atoms. The fraction of sp³-hybridized carbons (Fsp3) is 0.273. The van der Waals surface area contributed by atoms with Gasteiger partial charge in [0.2, 0.25) is 0 Å². The summed E-state index contributed by atoms with van der Waals surface area (Å²) in [4.78, 5) is 25.2. The average Bonchev–Trinajstić information content (AvgIpc) is 3.11. The predicted octanol–water partition coefficient (Wildman–Crippen LogP) is 4.58. The lowest BCUT2D eigenvalue weighted by atomic mass is 10.1. The van der Waals surface area contributed by atoms with Gasteiger partial charge in [-0.3, -0.25) is 4.79 Å². The first-order valence-corrected chi connectivity index (χ1v) is 9.88. The van der Waals surface area contributed by atoms with Crippen molar-refractivity contribution >= 4 is 33.3 Å². The molecule has 1 heterocycles. The smallest absolute Gasteiger partial charge is 0.349 e. The minimum absolute atomic E-state index is 0.00295. The van der Waals surface area contributed by atoms with E-state index in [2.05, 4.69) is 17.4 Å². The Morgan fingerprint density at radius 3 is 2.48 bits per heavy atom. The number of thiophene rings is 1. The molecule has 0 fully saturated rings. The van der Waals surface area contributed by atoms with E-state index in [9.17, 15) is 9.59 Å². The van der Waals surface area contributed by atoms with E-state index < -0.39 is 12.1 Å². The maximum atomic E-state index is 12.3. The van der Waals surface area contributed by atoms with Gasteiger partial charge in [-0.1, -0.05) is 48.5 Å². The van der Waals surface area contributed by atoms with E-state index in [0.717, 1.165) is 22.9 Å². The van der Waals surface area contributed by atoms with E-state index in [1.807, 2.05) is 49.4 Å². The predicted molar refractivity (Wildman–Crippen MR) is 109 cm³/mol. The molecule has 4 nitrogen and oxygen atoms in total. The third kappa shape index (κ3) is 5.17. The maximum Gasteiger partial charge on any atom is 0.349 e. The molecule has 0 spiro atoms. The number of hydrogen-bond donors (Lipinski definition) is 1. The lowest BCUT2D eigenvalue weighted by molar-refractivity contribution is -0.129. The summed E-state index contributed by atoms with van der Waals surface area (Å²) in [5.41, 5.74) is 1.24. The molecule has 0 saturated carbocycles. The van der Waals surface area contributed by atoms with Gasteiger partial charge in [0, 0.05) is 10.7 Å². The molecular weight excluding hydrogens is 358 g/mol. The van der Waals surface area contributed by atoms with Crippen LogP contribution >= 0.6 is 11.3 Å². The first-order valence-electron chi connectivity index (χ1n) is 9.07. The second-order valence-electron chi connectivity index (χ2n) is 6.63. The molecule has 140 valence electrons. The van der Waals surface area contributed by atoms with E-state index in [1.54, 1.807) is 13.0 Å². The van der Waals surface area contributed by atoms with Gasteiger partial charge in [0.1, 0.15) is 4.88 Å². The first kappa shape index (κ1) is 19.1. The van der Waals surface area contributed by atoms with E-state index >= 15 is 0 Å². The number of esters is 1. The highest BCUT2D eigenvalue weighted by Crippen LogP contribution is 2.26. The van der Waals surface area contributed by atoms with Crippen molar-refractivity contribution in [3.05, 3.63) is 71.1 Å². The highest BCUT2D eigenvalue weighted by atomic mass is 32.1. The van der Waals surface area contributed by atoms with Crippen LogP contribution in [-0.2, 0) is 16.0 Å². The van der Waals surface area contributed by atoms with Gasteiger partial charge in [-0.05, 0) is 49.8 Å². The minimum atomic E-state index is -0.832. The Labute approximate surface area is 163 Å². The molecule has 3 aromatic rings. The summed E-state index contributed by atoms with van der Waals surface area (Å²) in [7, 11) is 0. The lowest BCUT2D eigenvalue weighted by Crippen LogP contribution is -2.40. The van der Waals surface area contributed by atoms with Gasteiger partial charge < -0.3 is 10.1 Å². The number of ether oxygens (including phenoxy) is 1. The highest BCUT2D eigenvalue weighted by molar-refractivity contribution is 7.20. The van der Waals surface area contributed by atoms with Crippen LogP contribution in [0.25, 0.3) is 10.1 Å². The molecule has 1 amide bonds. The fourth-order valence-electron chi connectivity index (χ4n) is 2.81. The van der Waals surface area contributed by atoms with Crippen molar-refractivity contribution < 1.29 is 14.3 Å². The third-order valence-corrected chi connectivity index (χ3v) is 5.47. The number of amides is 1. The van der Waals surface area contributed by atoms with Gasteiger partial charge in [-0.15, -0.1) is 11.3 Å². The van der Waals surface area contributed by atoms with Crippen molar-refractivity contribution in [2.75, 3.05) is 0 Å². The number of nitrogens with one attached hydrogen (secondary N) is 1. The summed E-state index contributed by atoms with van der Waals surface area (Å²) in [5, 5.41) is 3.92. The fourth-order valence-corrected chi connectivity index (χ4v) is 3.76. The first-order chi connectivity index (χ1) is 13.0. The van der Waals surface area contributed by atoms with Crippen molar-refractivity contribution in [3.8, 4) is 0 Å². The van der Waals surface area contributed by atoms with Crippen LogP contribution in [0.15, 0.2) is 60.7 Å². The van der Waals surface area contributed by atoms with E-state index in [-0.39, 0.29) is 11.9 Å². The summed E-state index contributed by atoms with van der Waals surface area (Å²) in [6.07, 6.45) is 0.882. The molecule has 0 aliphatic rings. The number of benzene rings is 2. The molecule has 3 rings (SSSR count). The number of hydrogen-bond acceptors (Lipinski definition) is 4. The Kier molecular flexibility index (Phi) is 6.24. The summed E-state index contributed by atoms with van der Waals surface area (Å²) >= 11 is 1.37. The van der Waals surface area contributed by atoms with Crippen LogP contribution in [-0.4, -0.2) is 24.0 Å². The molecule has 1 N–H and O–H groups in total. The second-order valence-corrected chi connectivity index (χ2v) is 7.71. The maximum absolute atomic E-state index is 12.3. The van der Waals surface area contributed by atoms with Crippen LogP contribution in [0.2, 0.25) is 0 Å². The summed E-state index contributed by atoms with van der Waals surface area (Å²) in [6.45, 7) is 3.56. The Morgan fingerprint density at radius 2 is 1.74 bits per heavy atom. The zero-order chi connectivity index (χ0) is 19.2. The zero-order valence-corrected chi connectivity index (χ0v) is 16.3. The molecule has 5 heteroatoms. The van der Waals surface area contributed by atoms with Gasteiger partial charge in [-0.25, -0.2) is 4.79 Å². The standard InChI is InChI=1S/C22H23NO3S/c1-15(12-13-17-8-4-3-5-9-17)23-21(24)16(2)26-22(25)20-14-18-10-6-7-11-19(18)27-20/h3-11,14-16H,12-13H2,1-2H3,(H,23,24)/t15-,16-/m0/s1. The molecule has 0 bridgehead atoms. The second kappa shape index (κ2) is 8.82. The topological polar surface area (TPSA) is 55.4 Å². The average molecular weight is 381 g/mol. The Morgan fingerprint density at radius 1 is 1.04 bits per heavy atom. The van der Waals surface area contributed by atoms with Crippen LogP contribution in [0, 0.1) is 0 Å². The Hall–Kier alpha value is -2.66. The van der Waals surface area contributed by atoms with E-state index in [4.69, 9.17) is 4.74 Å². The third-order valence-electron chi connectivity index (χ3n) is 4.38. The summed E-state index contributed by atoms with van der Waals surface area (Å²) in [5.74, 6) is -0.735. The molecule has 0 aliphatic carbocycles. The van der Waals surface area contributed by atoms with Crippen LogP contribution in [0.4, 0.5) is 0 Å². The molecule has 0 radical (unpaired) electrons. The zero-order valence-electron chi connectivity index (χ0n) is 15.5. The number of aryl methyl sites for hydroxylation is 1. The Bertz CT molecular complexity index is 886. The lowest BCUT2D eigenvalue weighted by Gasteiger charge is -2.17. The van der Waals surface area contributed by atoms with Gasteiger partial charge in [-0.2, -0.15) is 0 Å². The van der Waals surface area contributed by atoms with E-state index in [0.29, 0.717) is 4.88 Å². The molecule has 0 saturated heterocycles. The molecule has 0 aliphatic heterocycles. The minimum Gasteiger partial charge on any atom is -0.448 e. The molecule has 0 unspecified atom stereocenters. The molecule has 2 atom stereocenters. The van der Waals surface area contributed by atoms with Crippen molar-refractivity contribution in [2.24, 2.45) is 0 Å². The normalized spacial score (nSPS) is 13.1. The highest BCUT2D eigenvalue weighted by Gasteiger charge is 2.21. The number of rotatable bonds is 7. The summed E-state index contributed by atoms with van der Waals surface area (Å²) in [6, 6.07) is 19.7. The largest absolute Gasteiger partial charge is 0.448 e.